The maximum atomic E-state index is 9.05. The first-order valence-corrected chi connectivity index (χ1v) is 6.64. The van der Waals surface area contributed by atoms with Crippen LogP contribution < -0.4 is 5.32 Å². The SMILES string of the molecule is OCCC1(NCc2ccc(Br)cc2)CCC1. The van der Waals surface area contributed by atoms with Crippen molar-refractivity contribution in [3.8, 4) is 0 Å². The molecule has 0 spiro atoms. The van der Waals surface area contributed by atoms with Gasteiger partial charge in [0.25, 0.3) is 0 Å². The predicted molar refractivity (Wildman–Crippen MR) is 69.3 cm³/mol. The molecule has 16 heavy (non-hydrogen) atoms. The summed E-state index contributed by atoms with van der Waals surface area (Å²) in [4.78, 5) is 0. The second-order valence-corrected chi connectivity index (χ2v) is 5.50. The van der Waals surface area contributed by atoms with E-state index in [-0.39, 0.29) is 12.1 Å². The van der Waals surface area contributed by atoms with Crippen molar-refractivity contribution in [2.45, 2.75) is 37.8 Å². The number of nitrogens with one attached hydrogen (secondary N) is 1. The molecule has 1 saturated carbocycles. The Morgan fingerprint density at radius 2 is 1.94 bits per heavy atom. The molecule has 1 aromatic carbocycles. The van der Waals surface area contributed by atoms with Gasteiger partial charge < -0.3 is 10.4 Å². The van der Waals surface area contributed by atoms with Gasteiger partial charge in [0, 0.05) is 23.2 Å². The van der Waals surface area contributed by atoms with Crippen LogP contribution in [0.25, 0.3) is 0 Å². The van der Waals surface area contributed by atoms with Crippen molar-refractivity contribution in [3.63, 3.8) is 0 Å². The number of aliphatic hydroxyl groups excluding tert-OH is 1. The van der Waals surface area contributed by atoms with Gasteiger partial charge >= 0.3 is 0 Å². The normalized spacial score (nSPS) is 18.1. The third-order valence-electron chi connectivity index (χ3n) is 3.48. The van der Waals surface area contributed by atoms with Gasteiger partial charge in [-0.05, 0) is 43.4 Å². The molecule has 88 valence electrons. The Bertz CT molecular complexity index is 332. The Labute approximate surface area is 105 Å². The summed E-state index contributed by atoms with van der Waals surface area (Å²) >= 11 is 3.43. The lowest BCUT2D eigenvalue weighted by atomic mass is 9.74. The van der Waals surface area contributed by atoms with E-state index in [0.717, 1.165) is 17.4 Å². The van der Waals surface area contributed by atoms with Gasteiger partial charge in [0.2, 0.25) is 0 Å². The van der Waals surface area contributed by atoms with Crippen LogP contribution >= 0.6 is 15.9 Å². The molecule has 0 radical (unpaired) electrons. The van der Waals surface area contributed by atoms with Crippen molar-refractivity contribution in [1.29, 1.82) is 0 Å². The highest BCUT2D eigenvalue weighted by Gasteiger charge is 2.35. The van der Waals surface area contributed by atoms with Crippen molar-refractivity contribution in [2.24, 2.45) is 0 Å². The first-order valence-electron chi connectivity index (χ1n) is 5.84. The second kappa shape index (κ2) is 5.30. The van der Waals surface area contributed by atoms with Crippen LogP contribution in [0.15, 0.2) is 28.7 Å². The molecule has 1 fully saturated rings. The number of halogens is 1. The fraction of sp³-hybridized carbons (Fsp3) is 0.538. The minimum absolute atomic E-state index is 0.210. The highest BCUT2D eigenvalue weighted by atomic mass is 79.9. The Morgan fingerprint density at radius 3 is 2.44 bits per heavy atom. The number of hydrogen-bond donors (Lipinski definition) is 2. The summed E-state index contributed by atoms with van der Waals surface area (Å²) in [6.07, 6.45) is 4.56. The molecule has 0 aromatic heterocycles. The topological polar surface area (TPSA) is 32.3 Å². The molecule has 2 N–H and O–H groups in total. The molecular weight excluding hydrogens is 266 g/mol. The predicted octanol–water partition coefficient (Wildman–Crippen LogP) is 2.84. The lowest BCUT2D eigenvalue weighted by Crippen LogP contribution is -2.51. The van der Waals surface area contributed by atoms with E-state index < -0.39 is 0 Å². The lowest BCUT2D eigenvalue weighted by molar-refractivity contribution is 0.130. The van der Waals surface area contributed by atoms with Crippen LogP contribution in [-0.2, 0) is 6.54 Å². The summed E-state index contributed by atoms with van der Waals surface area (Å²) in [7, 11) is 0. The van der Waals surface area contributed by atoms with Gasteiger partial charge in [0.05, 0.1) is 0 Å². The van der Waals surface area contributed by atoms with Crippen molar-refractivity contribution < 1.29 is 5.11 Å². The smallest absolute Gasteiger partial charge is 0.0448 e. The largest absolute Gasteiger partial charge is 0.396 e. The molecule has 3 heteroatoms. The summed E-state index contributed by atoms with van der Waals surface area (Å²) in [5, 5.41) is 12.6. The standard InChI is InChI=1S/C13H18BrNO/c14-12-4-2-11(3-5-12)10-15-13(8-9-16)6-1-7-13/h2-5,15-16H,1,6-10H2. The summed E-state index contributed by atoms with van der Waals surface area (Å²) in [6, 6.07) is 8.39. The van der Waals surface area contributed by atoms with E-state index in [4.69, 9.17) is 5.11 Å². The molecule has 0 unspecified atom stereocenters. The number of benzene rings is 1. The van der Waals surface area contributed by atoms with Crippen molar-refractivity contribution in [2.75, 3.05) is 6.61 Å². The zero-order valence-electron chi connectivity index (χ0n) is 9.38. The van der Waals surface area contributed by atoms with Gasteiger partial charge in [0.15, 0.2) is 0 Å². The highest BCUT2D eigenvalue weighted by Crippen LogP contribution is 2.34. The highest BCUT2D eigenvalue weighted by molar-refractivity contribution is 9.10. The third-order valence-corrected chi connectivity index (χ3v) is 4.01. The van der Waals surface area contributed by atoms with Gasteiger partial charge in [-0.15, -0.1) is 0 Å². The van der Waals surface area contributed by atoms with Gasteiger partial charge in [-0.1, -0.05) is 28.1 Å². The van der Waals surface area contributed by atoms with Crippen LogP contribution in [0, 0.1) is 0 Å². The van der Waals surface area contributed by atoms with Crippen molar-refractivity contribution in [1.82, 2.24) is 5.32 Å². The summed E-state index contributed by atoms with van der Waals surface area (Å²) in [5.41, 5.74) is 1.51. The Hall–Kier alpha value is -0.380. The van der Waals surface area contributed by atoms with E-state index in [1.807, 2.05) is 0 Å². The fourth-order valence-corrected chi connectivity index (χ4v) is 2.49. The Kier molecular flexibility index (Phi) is 4.00. The van der Waals surface area contributed by atoms with E-state index >= 15 is 0 Å². The van der Waals surface area contributed by atoms with Crippen molar-refractivity contribution >= 4 is 15.9 Å². The van der Waals surface area contributed by atoms with Crippen LogP contribution in [0.5, 0.6) is 0 Å². The summed E-state index contributed by atoms with van der Waals surface area (Å²) < 4.78 is 1.12. The molecule has 0 heterocycles. The molecule has 1 aromatic rings. The molecule has 0 bridgehead atoms. The second-order valence-electron chi connectivity index (χ2n) is 4.59. The number of rotatable bonds is 5. The molecule has 1 aliphatic carbocycles. The fourth-order valence-electron chi connectivity index (χ4n) is 2.22. The monoisotopic (exact) mass is 283 g/mol. The minimum atomic E-state index is 0.210. The minimum Gasteiger partial charge on any atom is -0.396 e. The average molecular weight is 284 g/mol. The maximum absolute atomic E-state index is 9.05. The summed E-state index contributed by atoms with van der Waals surface area (Å²) in [6.45, 7) is 1.18. The Morgan fingerprint density at radius 1 is 1.25 bits per heavy atom. The average Bonchev–Trinajstić information content (AvgIpc) is 2.24. The van der Waals surface area contributed by atoms with Crippen LogP contribution in [-0.4, -0.2) is 17.3 Å². The molecule has 0 saturated heterocycles. The molecular formula is C13H18BrNO. The van der Waals surface area contributed by atoms with E-state index in [1.54, 1.807) is 0 Å². The van der Waals surface area contributed by atoms with Crippen LogP contribution in [0.2, 0.25) is 0 Å². The molecule has 2 nitrogen and oxygen atoms in total. The zero-order chi connectivity index (χ0) is 11.4. The van der Waals surface area contributed by atoms with E-state index in [1.165, 1.54) is 24.8 Å². The van der Waals surface area contributed by atoms with Crippen LogP contribution in [0.4, 0.5) is 0 Å². The van der Waals surface area contributed by atoms with E-state index in [0.29, 0.717) is 0 Å². The molecule has 0 amide bonds. The van der Waals surface area contributed by atoms with E-state index in [9.17, 15) is 0 Å². The van der Waals surface area contributed by atoms with Gasteiger partial charge in [0.1, 0.15) is 0 Å². The zero-order valence-corrected chi connectivity index (χ0v) is 11.0. The number of aliphatic hydroxyl groups is 1. The van der Waals surface area contributed by atoms with Crippen LogP contribution in [0.3, 0.4) is 0 Å². The summed E-state index contributed by atoms with van der Waals surface area (Å²) in [5.74, 6) is 0. The first kappa shape index (κ1) is 12.1. The van der Waals surface area contributed by atoms with Gasteiger partial charge in [-0.3, -0.25) is 0 Å². The number of hydrogen-bond acceptors (Lipinski definition) is 2. The lowest BCUT2D eigenvalue weighted by Gasteiger charge is -2.42. The van der Waals surface area contributed by atoms with Gasteiger partial charge in [-0.25, -0.2) is 0 Å². The molecule has 1 aliphatic rings. The third kappa shape index (κ3) is 2.84. The first-order chi connectivity index (χ1) is 7.74. The van der Waals surface area contributed by atoms with Gasteiger partial charge in [-0.2, -0.15) is 0 Å². The molecule has 0 atom stereocenters. The maximum Gasteiger partial charge on any atom is 0.0448 e. The quantitative estimate of drug-likeness (QED) is 0.871. The molecule has 0 aliphatic heterocycles. The van der Waals surface area contributed by atoms with Crippen LogP contribution in [0.1, 0.15) is 31.2 Å². The molecule has 2 rings (SSSR count). The van der Waals surface area contributed by atoms with E-state index in [2.05, 4.69) is 45.5 Å². The van der Waals surface area contributed by atoms with Crippen molar-refractivity contribution in [3.05, 3.63) is 34.3 Å². The Balaban J connectivity index is 1.88.